The molecule has 1 fully saturated rings. The Labute approximate surface area is 274 Å². The lowest BCUT2D eigenvalue weighted by Crippen LogP contribution is -2.44. The van der Waals surface area contributed by atoms with Gasteiger partial charge in [0.15, 0.2) is 17.4 Å². The van der Waals surface area contributed by atoms with Crippen molar-refractivity contribution in [1.29, 1.82) is 0 Å². The van der Waals surface area contributed by atoms with Crippen LogP contribution < -0.4 is 20.6 Å². The highest BCUT2D eigenvalue weighted by atomic mass is 31.2. The van der Waals surface area contributed by atoms with Gasteiger partial charge in [-0.05, 0) is 18.1 Å². The van der Waals surface area contributed by atoms with Crippen LogP contribution in [0.3, 0.4) is 0 Å². The number of nitrogens with zero attached hydrogens (tertiary/aromatic N) is 4. The molecule has 5 rings (SSSR count). The molecule has 2 aromatic heterocycles. The van der Waals surface area contributed by atoms with E-state index in [4.69, 9.17) is 29.2 Å². The van der Waals surface area contributed by atoms with Crippen LogP contribution in [0.2, 0.25) is 0 Å². The van der Waals surface area contributed by atoms with Gasteiger partial charge < -0.3 is 39.4 Å². The quantitative estimate of drug-likeness (QED) is 0.0874. The minimum atomic E-state index is -4.22. The summed E-state index contributed by atoms with van der Waals surface area (Å²) in [4.78, 5) is 37.4. The number of nitrogen functional groups attached to an aromatic ring is 1. The fraction of sp³-hybridized carbons (Fsp3) is 0.367. The van der Waals surface area contributed by atoms with E-state index in [9.17, 15) is 24.4 Å². The van der Waals surface area contributed by atoms with E-state index in [2.05, 4.69) is 25.1 Å². The van der Waals surface area contributed by atoms with Crippen molar-refractivity contribution in [1.82, 2.24) is 29.7 Å². The molecule has 4 aromatic rings. The van der Waals surface area contributed by atoms with E-state index in [0.29, 0.717) is 0 Å². The summed E-state index contributed by atoms with van der Waals surface area (Å²) in [5.41, 5.74) is 5.78. The molecule has 1 saturated heterocycles. The van der Waals surface area contributed by atoms with Crippen molar-refractivity contribution in [3.05, 3.63) is 78.1 Å². The highest BCUT2D eigenvalue weighted by molar-refractivity contribution is 7.54. The molecular formula is C30H36N7O10P. The number of hydrogen-bond acceptors (Lipinski definition) is 14. The zero-order valence-corrected chi connectivity index (χ0v) is 27.0. The molecule has 2 aromatic carbocycles. The number of fused-ring (bicyclic) bond motifs is 1. The summed E-state index contributed by atoms with van der Waals surface area (Å²) in [7, 11) is -2.84. The lowest BCUT2D eigenvalue weighted by Gasteiger charge is -2.27. The van der Waals surface area contributed by atoms with E-state index in [-0.39, 0.29) is 36.2 Å². The first-order chi connectivity index (χ1) is 23.0. The SMILES string of the molecule is COc1nc(N)nc2c1ncn2[C@@H]1O[C@H](COP(=O)(NCC(=O)OCc2ccccc2)NCC(=O)OCc2ccccc2)[C@@H](O)[C@@]1(C)O. The van der Waals surface area contributed by atoms with Gasteiger partial charge in [0.05, 0.1) is 20.0 Å². The maximum absolute atomic E-state index is 13.9. The van der Waals surface area contributed by atoms with Gasteiger partial charge in [0.2, 0.25) is 11.8 Å². The molecule has 0 bridgehead atoms. The van der Waals surface area contributed by atoms with Crippen LogP contribution in [0.25, 0.3) is 11.2 Å². The molecule has 1 aliphatic heterocycles. The average Bonchev–Trinajstić information content (AvgIpc) is 3.60. The molecule has 48 heavy (non-hydrogen) atoms. The van der Waals surface area contributed by atoms with Crippen LogP contribution in [0.15, 0.2) is 67.0 Å². The van der Waals surface area contributed by atoms with Crippen LogP contribution in [-0.2, 0) is 46.1 Å². The van der Waals surface area contributed by atoms with E-state index >= 15 is 0 Å². The molecule has 4 atom stereocenters. The van der Waals surface area contributed by atoms with E-state index in [1.54, 1.807) is 48.5 Å². The third-order valence-electron chi connectivity index (χ3n) is 7.38. The van der Waals surface area contributed by atoms with Crippen LogP contribution in [-0.4, -0.2) is 86.3 Å². The number of hydrogen-bond donors (Lipinski definition) is 5. The fourth-order valence-corrected chi connectivity index (χ4v) is 6.17. The molecule has 0 spiro atoms. The van der Waals surface area contributed by atoms with E-state index < -0.39 is 63.3 Å². The molecule has 17 nitrogen and oxygen atoms in total. The molecule has 0 unspecified atom stereocenters. The third-order valence-corrected chi connectivity index (χ3v) is 9.04. The van der Waals surface area contributed by atoms with Crippen LogP contribution in [0.1, 0.15) is 24.3 Å². The summed E-state index contributed by atoms with van der Waals surface area (Å²) in [6, 6.07) is 17.9. The highest BCUT2D eigenvalue weighted by Gasteiger charge is 2.54. The molecule has 0 amide bonds. The molecular weight excluding hydrogens is 649 g/mol. The Bertz CT molecular complexity index is 1700. The molecule has 0 saturated carbocycles. The Morgan fingerprint density at radius 1 is 1.00 bits per heavy atom. The Morgan fingerprint density at radius 3 is 2.10 bits per heavy atom. The summed E-state index contributed by atoms with van der Waals surface area (Å²) in [6.07, 6.45) is -2.77. The number of aromatic nitrogens is 4. The van der Waals surface area contributed by atoms with Gasteiger partial charge in [-0.1, -0.05) is 60.7 Å². The van der Waals surface area contributed by atoms with Gasteiger partial charge in [0.25, 0.3) is 0 Å². The Kier molecular flexibility index (Phi) is 11.0. The number of nitrogens with two attached hydrogens (primary N) is 1. The first kappa shape index (κ1) is 34.8. The number of ether oxygens (including phenoxy) is 4. The highest BCUT2D eigenvalue weighted by Crippen LogP contribution is 2.43. The molecule has 18 heteroatoms. The first-order valence-electron chi connectivity index (χ1n) is 14.7. The minimum absolute atomic E-state index is 0.0181. The maximum atomic E-state index is 13.9. The van der Waals surface area contributed by atoms with Crippen LogP contribution in [0.4, 0.5) is 5.95 Å². The average molecular weight is 686 g/mol. The van der Waals surface area contributed by atoms with Gasteiger partial charge in [-0.2, -0.15) is 9.97 Å². The number of benzene rings is 2. The second-order valence-electron chi connectivity index (χ2n) is 10.9. The molecule has 0 radical (unpaired) electrons. The number of rotatable bonds is 15. The molecule has 0 aliphatic carbocycles. The third kappa shape index (κ3) is 8.32. The van der Waals surface area contributed by atoms with Gasteiger partial charge >= 0.3 is 19.6 Å². The van der Waals surface area contributed by atoms with Crippen LogP contribution in [0, 0.1) is 0 Å². The number of anilines is 1. The van der Waals surface area contributed by atoms with Crippen molar-refractivity contribution >= 4 is 36.7 Å². The Hall–Kier alpha value is -4.48. The topological polar surface area (TPSA) is 231 Å². The van der Waals surface area contributed by atoms with Crippen LogP contribution >= 0.6 is 7.67 Å². The molecule has 6 N–H and O–H groups in total. The number of imidazole rings is 1. The van der Waals surface area contributed by atoms with Gasteiger partial charge in [0.1, 0.15) is 44.1 Å². The number of aliphatic hydroxyl groups excluding tert-OH is 1. The zero-order chi connectivity index (χ0) is 34.3. The predicted octanol–water partition coefficient (Wildman–Crippen LogP) is 1.22. The standard InChI is InChI=1S/C30H36N7O10P/c1-30(41)25(40)21(47-28(30)37-18-32-24-26(37)35-29(31)36-27(24)43-2)17-46-48(42,33-13-22(38)44-15-19-9-5-3-6-10-19)34-14-23(39)45-16-20-11-7-4-8-12-20/h3-12,18,21,25,28,40-41H,13-17H2,1-2H3,(H2,31,35,36)(H2,33,34,42)/t21-,25-,28-,30-/m1/s1. The molecule has 1 aliphatic rings. The summed E-state index contributed by atoms with van der Waals surface area (Å²) in [5.74, 6) is -1.53. The Balaban J connectivity index is 1.26. The van der Waals surface area contributed by atoms with Crippen molar-refractivity contribution in [2.24, 2.45) is 0 Å². The van der Waals surface area contributed by atoms with E-state index in [1.165, 1.54) is 24.9 Å². The van der Waals surface area contributed by atoms with E-state index in [0.717, 1.165) is 11.1 Å². The van der Waals surface area contributed by atoms with Gasteiger partial charge in [-0.3, -0.25) is 18.7 Å². The number of carbonyl (C=O) groups is 2. The lowest BCUT2D eigenvalue weighted by molar-refractivity contribution is -0.144. The van der Waals surface area contributed by atoms with Crippen molar-refractivity contribution in [2.45, 2.75) is 44.2 Å². The fourth-order valence-electron chi connectivity index (χ4n) is 4.84. The first-order valence-corrected chi connectivity index (χ1v) is 16.4. The summed E-state index contributed by atoms with van der Waals surface area (Å²) < 4.78 is 42.5. The normalized spacial score (nSPS) is 20.9. The number of methoxy groups -OCH3 is 1. The number of carbonyl (C=O) groups excluding carboxylic acids is 2. The second-order valence-corrected chi connectivity index (χ2v) is 12.9. The van der Waals surface area contributed by atoms with Crippen LogP contribution in [0.5, 0.6) is 5.88 Å². The smallest absolute Gasteiger partial charge is 0.341 e. The number of nitrogens with one attached hydrogen (secondary N) is 2. The summed E-state index contributed by atoms with van der Waals surface area (Å²) in [6.45, 7) is -0.387. The predicted molar refractivity (Wildman–Crippen MR) is 169 cm³/mol. The van der Waals surface area contributed by atoms with Crippen molar-refractivity contribution in [2.75, 3.05) is 32.5 Å². The minimum Gasteiger partial charge on any atom is -0.479 e. The van der Waals surface area contributed by atoms with Gasteiger partial charge in [-0.15, -0.1) is 0 Å². The summed E-state index contributed by atoms with van der Waals surface area (Å²) in [5, 5.41) is 27.3. The second kappa shape index (κ2) is 15.2. The number of esters is 2. The van der Waals surface area contributed by atoms with Crippen molar-refractivity contribution in [3.63, 3.8) is 0 Å². The lowest BCUT2D eigenvalue weighted by atomic mass is 9.96. The van der Waals surface area contributed by atoms with Gasteiger partial charge in [0, 0.05) is 0 Å². The number of aliphatic hydroxyl groups is 2. The Morgan fingerprint density at radius 2 is 1.56 bits per heavy atom. The zero-order valence-electron chi connectivity index (χ0n) is 26.1. The van der Waals surface area contributed by atoms with Crippen molar-refractivity contribution < 1.29 is 47.8 Å². The molecule has 256 valence electrons. The molecule has 3 heterocycles. The van der Waals surface area contributed by atoms with E-state index in [1.807, 2.05) is 12.1 Å². The maximum Gasteiger partial charge on any atom is 0.341 e. The van der Waals surface area contributed by atoms with Gasteiger partial charge in [-0.25, -0.2) is 15.2 Å². The monoisotopic (exact) mass is 685 g/mol. The summed E-state index contributed by atoms with van der Waals surface area (Å²) >= 11 is 0. The van der Waals surface area contributed by atoms with Crippen molar-refractivity contribution in [3.8, 4) is 5.88 Å². The largest absolute Gasteiger partial charge is 0.479 e.